The van der Waals surface area contributed by atoms with Crippen LogP contribution in [0.2, 0.25) is 0 Å². The minimum atomic E-state index is -0.644. The van der Waals surface area contributed by atoms with Crippen molar-refractivity contribution in [2.24, 2.45) is 11.8 Å². The number of carbonyl (C=O) groups is 4. The first-order chi connectivity index (χ1) is 15.8. The van der Waals surface area contributed by atoms with Crippen LogP contribution in [0.1, 0.15) is 48.9 Å². The first-order valence-corrected chi connectivity index (χ1v) is 11.7. The molecule has 178 valence electrons. The van der Waals surface area contributed by atoms with Gasteiger partial charge in [0.05, 0.1) is 30.9 Å². The first-order valence-electron chi connectivity index (χ1n) is 10.8. The van der Waals surface area contributed by atoms with E-state index in [2.05, 4.69) is 5.32 Å². The molecule has 1 aliphatic rings. The van der Waals surface area contributed by atoms with Crippen molar-refractivity contribution in [2.75, 3.05) is 25.1 Å². The Bertz CT molecular complexity index is 997. The number of likely N-dealkylation sites (tertiary alicyclic amines) is 1. The second kappa shape index (κ2) is 11.1. The zero-order valence-corrected chi connectivity index (χ0v) is 19.7. The van der Waals surface area contributed by atoms with E-state index in [1.54, 1.807) is 19.1 Å². The van der Waals surface area contributed by atoms with Crippen LogP contribution in [-0.2, 0) is 36.8 Å². The van der Waals surface area contributed by atoms with E-state index >= 15 is 0 Å². The van der Waals surface area contributed by atoms with Crippen LogP contribution in [0.25, 0.3) is 0 Å². The van der Waals surface area contributed by atoms with Crippen molar-refractivity contribution < 1.29 is 33.1 Å². The van der Waals surface area contributed by atoms with Crippen molar-refractivity contribution in [3.8, 4) is 0 Å². The van der Waals surface area contributed by atoms with Crippen LogP contribution in [-0.4, -0.2) is 48.4 Å². The standard InChI is InChI=1S/C23H28N2O7S/c1-4-30-23(29)20-16(8-14(2)3)13-33-21(20)24-18(26)12-32-22(28)15-9-19(27)25(10-15)11-17-6-5-7-31-17/h5-7,13-15H,4,8-12H2,1-3H3,(H,24,26)/t15-/m1/s1. The highest BCUT2D eigenvalue weighted by atomic mass is 32.1. The van der Waals surface area contributed by atoms with Gasteiger partial charge in [-0.25, -0.2) is 4.79 Å². The molecule has 33 heavy (non-hydrogen) atoms. The lowest BCUT2D eigenvalue weighted by molar-refractivity contribution is -0.151. The molecule has 1 aliphatic heterocycles. The average molecular weight is 477 g/mol. The molecule has 0 spiro atoms. The summed E-state index contributed by atoms with van der Waals surface area (Å²) in [4.78, 5) is 51.0. The van der Waals surface area contributed by atoms with E-state index in [9.17, 15) is 19.2 Å². The van der Waals surface area contributed by atoms with Crippen molar-refractivity contribution >= 4 is 40.1 Å². The van der Waals surface area contributed by atoms with Gasteiger partial charge in [0.2, 0.25) is 5.91 Å². The average Bonchev–Trinajstić information content (AvgIpc) is 3.48. The van der Waals surface area contributed by atoms with E-state index < -0.39 is 30.4 Å². The van der Waals surface area contributed by atoms with Gasteiger partial charge >= 0.3 is 11.9 Å². The van der Waals surface area contributed by atoms with Crippen molar-refractivity contribution in [2.45, 2.75) is 40.2 Å². The molecule has 1 fully saturated rings. The number of rotatable bonds is 10. The topological polar surface area (TPSA) is 115 Å². The summed E-state index contributed by atoms with van der Waals surface area (Å²) in [5, 5.41) is 4.84. The molecule has 3 rings (SSSR count). The zero-order valence-electron chi connectivity index (χ0n) is 18.9. The third-order valence-corrected chi connectivity index (χ3v) is 5.99. The number of anilines is 1. The summed E-state index contributed by atoms with van der Waals surface area (Å²) in [6, 6.07) is 3.48. The highest BCUT2D eigenvalue weighted by Gasteiger charge is 2.36. The number of thiophene rings is 1. The van der Waals surface area contributed by atoms with Crippen molar-refractivity contribution in [3.05, 3.63) is 40.7 Å². The number of esters is 2. The molecule has 2 aromatic heterocycles. The fourth-order valence-corrected chi connectivity index (χ4v) is 4.57. The number of furan rings is 1. The van der Waals surface area contributed by atoms with Gasteiger partial charge in [-0.3, -0.25) is 14.4 Å². The third kappa shape index (κ3) is 6.44. The van der Waals surface area contributed by atoms with Crippen LogP contribution in [0.3, 0.4) is 0 Å². The fourth-order valence-electron chi connectivity index (χ4n) is 3.59. The maximum Gasteiger partial charge on any atom is 0.341 e. The van der Waals surface area contributed by atoms with Crippen LogP contribution in [0, 0.1) is 11.8 Å². The van der Waals surface area contributed by atoms with Gasteiger partial charge in [0, 0.05) is 13.0 Å². The van der Waals surface area contributed by atoms with Crippen molar-refractivity contribution in [3.63, 3.8) is 0 Å². The highest BCUT2D eigenvalue weighted by Crippen LogP contribution is 2.31. The summed E-state index contributed by atoms with van der Waals surface area (Å²) in [7, 11) is 0. The molecular weight excluding hydrogens is 448 g/mol. The van der Waals surface area contributed by atoms with Gasteiger partial charge in [0.1, 0.15) is 10.8 Å². The van der Waals surface area contributed by atoms with Gasteiger partial charge in [-0.2, -0.15) is 0 Å². The summed E-state index contributed by atoms with van der Waals surface area (Å²) < 4.78 is 15.5. The van der Waals surface area contributed by atoms with Gasteiger partial charge < -0.3 is 24.1 Å². The Labute approximate surface area is 196 Å². The Morgan fingerprint density at radius 3 is 2.76 bits per heavy atom. The molecule has 2 aromatic rings. The lowest BCUT2D eigenvalue weighted by atomic mass is 10.0. The minimum absolute atomic E-state index is 0.0255. The Morgan fingerprint density at radius 2 is 2.09 bits per heavy atom. The number of nitrogens with zero attached hydrogens (tertiary/aromatic N) is 1. The molecule has 0 bridgehead atoms. The lowest BCUT2D eigenvalue weighted by Crippen LogP contribution is -2.28. The Balaban J connectivity index is 1.55. The van der Waals surface area contributed by atoms with Gasteiger partial charge in [0.15, 0.2) is 6.61 Å². The molecule has 0 radical (unpaired) electrons. The Morgan fingerprint density at radius 1 is 1.30 bits per heavy atom. The van der Waals surface area contributed by atoms with Gasteiger partial charge in [-0.1, -0.05) is 13.8 Å². The van der Waals surface area contributed by atoms with E-state index in [-0.39, 0.29) is 32.0 Å². The summed E-state index contributed by atoms with van der Waals surface area (Å²) >= 11 is 1.23. The normalized spacial score (nSPS) is 15.7. The van der Waals surface area contributed by atoms with E-state index in [4.69, 9.17) is 13.9 Å². The number of hydrogen-bond donors (Lipinski definition) is 1. The molecule has 0 aromatic carbocycles. The monoisotopic (exact) mass is 476 g/mol. The summed E-state index contributed by atoms with van der Waals surface area (Å²) in [6.45, 7) is 5.98. The maximum absolute atomic E-state index is 12.4. The minimum Gasteiger partial charge on any atom is -0.467 e. The fraction of sp³-hybridized carbons (Fsp3) is 0.478. The lowest BCUT2D eigenvalue weighted by Gasteiger charge is -2.14. The van der Waals surface area contributed by atoms with E-state index in [1.807, 2.05) is 19.2 Å². The number of hydrogen-bond acceptors (Lipinski definition) is 8. The van der Waals surface area contributed by atoms with Crippen LogP contribution >= 0.6 is 11.3 Å². The van der Waals surface area contributed by atoms with Crippen molar-refractivity contribution in [1.82, 2.24) is 4.90 Å². The number of nitrogens with one attached hydrogen (secondary N) is 1. The molecule has 0 saturated carbocycles. The summed E-state index contributed by atoms with van der Waals surface area (Å²) in [5.41, 5.74) is 1.15. The van der Waals surface area contributed by atoms with Gasteiger partial charge in [-0.15, -0.1) is 11.3 Å². The maximum atomic E-state index is 12.4. The van der Waals surface area contributed by atoms with Gasteiger partial charge in [-0.05, 0) is 42.3 Å². The molecule has 2 amide bonds. The molecule has 9 nitrogen and oxygen atoms in total. The van der Waals surface area contributed by atoms with Crippen LogP contribution < -0.4 is 5.32 Å². The Kier molecular flexibility index (Phi) is 8.26. The molecule has 1 saturated heterocycles. The number of amides is 2. The van der Waals surface area contributed by atoms with Crippen LogP contribution in [0.5, 0.6) is 0 Å². The van der Waals surface area contributed by atoms with E-state index in [0.717, 1.165) is 5.56 Å². The highest BCUT2D eigenvalue weighted by molar-refractivity contribution is 7.15. The second-order valence-electron chi connectivity index (χ2n) is 8.19. The predicted octanol–water partition coefficient (Wildman–Crippen LogP) is 3.25. The largest absolute Gasteiger partial charge is 0.467 e. The van der Waals surface area contributed by atoms with Crippen LogP contribution in [0.4, 0.5) is 5.00 Å². The molecule has 1 atom stereocenters. The van der Waals surface area contributed by atoms with E-state index in [1.165, 1.54) is 22.5 Å². The second-order valence-corrected chi connectivity index (χ2v) is 9.07. The van der Waals surface area contributed by atoms with Crippen molar-refractivity contribution in [1.29, 1.82) is 0 Å². The number of ether oxygens (including phenoxy) is 2. The quantitative estimate of drug-likeness (QED) is 0.524. The predicted molar refractivity (Wildman–Crippen MR) is 121 cm³/mol. The van der Waals surface area contributed by atoms with Gasteiger partial charge in [0.25, 0.3) is 5.91 Å². The number of carbonyl (C=O) groups excluding carboxylic acids is 4. The molecule has 10 heteroatoms. The first kappa shape index (κ1) is 24.5. The summed E-state index contributed by atoms with van der Waals surface area (Å²) in [6.07, 6.45) is 2.21. The van der Waals surface area contributed by atoms with E-state index in [0.29, 0.717) is 28.7 Å². The van der Waals surface area contributed by atoms with Crippen LogP contribution in [0.15, 0.2) is 28.2 Å². The SMILES string of the molecule is CCOC(=O)c1c(CC(C)C)csc1NC(=O)COC(=O)[C@@H]1CC(=O)N(Cc2ccco2)C1. The third-order valence-electron chi connectivity index (χ3n) is 5.05. The molecule has 0 aliphatic carbocycles. The Hall–Kier alpha value is -3.14. The molecular formula is C23H28N2O7S. The summed E-state index contributed by atoms with van der Waals surface area (Å²) in [5.74, 6) is -1.55. The molecule has 1 N–H and O–H groups in total. The molecule has 0 unspecified atom stereocenters. The zero-order chi connectivity index (χ0) is 24.0. The smallest absolute Gasteiger partial charge is 0.341 e. The molecule has 3 heterocycles.